The van der Waals surface area contributed by atoms with E-state index in [1.165, 1.54) is 0 Å². The van der Waals surface area contributed by atoms with Gasteiger partial charge in [0.15, 0.2) is 0 Å². The quantitative estimate of drug-likeness (QED) is 0.510. The molecule has 5 rings (SSSR count). The smallest absolute Gasteiger partial charge is 0.267 e. The first-order chi connectivity index (χ1) is 13.1. The normalized spacial score (nSPS) is 20.5. The van der Waals surface area contributed by atoms with E-state index in [1.54, 1.807) is 15.0 Å². The predicted octanol–water partition coefficient (Wildman–Crippen LogP) is 4.27. The van der Waals surface area contributed by atoms with Crippen LogP contribution in [-0.2, 0) is 0 Å². The van der Waals surface area contributed by atoms with Crippen molar-refractivity contribution in [3.05, 3.63) is 58.9 Å². The molecule has 0 bridgehead atoms. The summed E-state index contributed by atoms with van der Waals surface area (Å²) in [5.41, 5.74) is 1.97. The number of fused-ring (bicyclic) bond motifs is 4. The maximum absolute atomic E-state index is 13.5. The highest BCUT2D eigenvalue weighted by Crippen LogP contribution is 2.31. The Morgan fingerprint density at radius 2 is 1.63 bits per heavy atom. The van der Waals surface area contributed by atoms with Crippen LogP contribution in [0.1, 0.15) is 37.4 Å². The fourth-order valence-corrected chi connectivity index (χ4v) is 4.35. The van der Waals surface area contributed by atoms with Gasteiger partial charge in [-0.15, -0.1) is 0 Å². The zero-order chi connectivity index (χ0) is 18.5. The number of imidazole rings is 1. The minimum Gasteiger partial charge on any atom is -0.274 e. The first kappa shape index (κ1) is 16.2. The monoisotopic (exact) mass is 359 g/mol. The van der Waals surface area contributed by atoms with Crippen molar-refractivity contribution in [2.24, 2.45) is 11.8 Å². The molecule has 1 saturated carbocycles. The largest absolute Gasteiger partial charge is 0.274 e. The lowest BCUT2D eigenvalue weighted by Gasteiger charge is -2.25. The van der Waals surface area contributed by atoms with E-state index in [9.17, 15) is 9.59 Å². The number of rotatable bonds is 1. The Labute approximate surface area is 156 Å². The van der Waals surface area contributed by atoms with Crippen LogP contribution in [0.2, 0.25) is 0 Å². The van der Waals surface area contributed by atoms with Crippen LogP contribution in [0.15, 0.2) is 53.3 Å². The molecule has 0 spiro atoms. The minimum atomic E-state index is -0.129. The van der Waals surface area contributed by atoms with Crippen LogP contribution in [0, 0.1) is 11.8 Å². The molecule has 0 amide bonds. The standard InChI is InChI=1S/C22H21N3O2/c1-14-10-12-15(13-11-14)20(26)24-18-8-4-5-9-19(18)25-21(27)16-6-2-3-7-17(16)23-22(24)25/h2-9,14-15H,10-13H2,1H3. The molecule has 2 heterocycles. The van der Waals surface area contributed by atoms with Gasteiger partial charge in [-0.2, -0.15) is 0 Å². The first-order valence-electron chi connectivity index (χ1n) is 9.60. The molecule has 0 aliphatic heterocycles. The maximum Gasteiger partial charge on any atom is 0.267 e. The third-order valence-corrected chi connectivity index (χ3v) is 5.91. The van der Waals surface area contributed by atoms with Gasteiger partial charge in [0, 0.05) is 5.92 Å². The van der Waals surface area contributed by atoms with E-state index in [2.05, 4.69) is 6.92 Å². The topological polar surface area (TPSA) is 56.4 Å². The molecule has 2 aromatic carbocycles. The van der Waals surface area contributed by atoms with Crippen molar-refractivity contribution in [3.8, 4) is 0 Å². The van der Waals surface area contributed by atoms with E-state index < -0.39 is 0 Å². The van der Waals surface area contributed by atoms with Crippen molar-refractivity contribution in [3.63, 3.8) is 0 Å². The van der Waals surface area contributed by atoms with Crippen LogP contribution < -0.4 is 5.56 Å². The molecular formula is C22H21N3O2. The summed E-state index contributed by atoms with van der Waals surface area (Å²) in [6.45, 7) is 2.24. The Morgan fingerprint density at radius 3 is 2.41 bits per heavy atom. The Hall–Kier alpha value is -2.95. The van der Waals surface area contributed by atoms with Crippen molar-refractivity contribution >= 4 is 33.6 Å². The summed E-state index contributed by atoms with van der Waals surface area (Å²) in [4.78, 5) is 31.3. The van der Waals surface area contributed by atoms with E-state index in [4.69, 9.17) is 4.98 Å². The van der Waals surface area contributed by atoms with Gasteiger partial charge in [-0.25, -0.2) is 14.0 Å². The van der Waals surface area contributed by atoms with Gasteiger partial charge in [-0.3, -0.25) is 9.59 Å². The van der Waals surface area contributed by atoms with Gasteiger partial charge >= 0.3 is 0 Å². The highest BCUT2D eigenvalue weighted by molar-refractivity contribution is 5.97. The minimum absolute atomic E-state index is 0.0100. The number of para-hydroxylation sites is 3. The van der Waals surface area contributed by atoms with E-state index in [0.717, 1.165) is 36.7 Å². The van der Waals surface area contributed by atoms with E-state index in [0.29, 0.717) is 22.6 Å². The number of carbonyl (C=O) groups is 1. The second kappa shape index (κ2) is 6.05. The first-order valence-corrected chi connectivity index (χ1v) is 9.60. The molecule has 0 unspecified atom stereocenters. The highest BCUT2D eigenvalue weighted by Gasteiger charge is 2.29. The zero-order valence-electron chi connectivity index (χ0n) is 15.3. The van der Waals surface area contributed by atoms with E-state index >= 15 is 0 Å². The molecule has 0 atom stereocenters. The number of benzene rings is 2. The Kier molecular flexibility index (Phi) is 3.64. The third-order valence-electron chi connectivity index (χ3n) is 5.91. The third kappa shape index (κ3) is 2.41. The van der Waals surface area contributed by atoms with E-state index in [-0.39, 0.29) is 17.4 Å². The number of nitrogens with zero attached hydrogens (tertiary/aromatic N) is 3. The van der Waals surface area contributed by atoms with Crippen molar-refractivity contribution in [1.82, 2.24) is 14.0 Å². The lowest BCUT2D eigenvalue weighted by Crippen LogP contribution is -2.26. The van der Waals surface area contributed by atoms with Gasteiger partial charge in [0.05, 0.1) is 21.9 Å². The van der Waals surface area contributed by atoms with Crippen LogP contribution in [0.4, 0.5) is 0 Å². The van der Waals surface area contributed by atoms with Crippen molar-refractivity contribution in [1.29, 1.82) is 0 Å². The molecule has 1 aliphatic rings. The number of hydrogen-bond acceptors (Lipinski definition) is 3. The molecule has 1 aliphatic carbocycles. The molecule has 1 fully saturated rings. The zero-order valence-corrected chi connectivity index (χ0v) is 15.3. The molecule has 4 aromatic rings. The Bertz CT molecular complexity index is 1240. The fraction of sp³-hybridized carbons (Fsp3) is 0.318. The molecule has 136 valence electrons. The van der Waals surface area contributed by atoms with Crippen LogP contribution in [0.3, 0.4) is 0 Å². The molecule has 0 N–H and O–H groups in total. The van der Waals surface area contributed by atoms with Gasteiger partial charge in [0.25, 0.3) is 5.56 Å². The summed E-state index contributed by atoms with van der Waals surface area (Å²) in [6, 6.07) is 14.9. The lowest BCUT2D eigenvalue weighted by molar-refractivity contribution is 0.0797. The van der Waals surface area contributed by atoms with Gasteiger partial charge in [0.1, 0.15) is 0 Å². The van der Waals surface area contributed by atoms with Crippen LogP contribution in [0.5, 0.6) is 0 Å². The van der Waals surface area contributed by atoms with Crippen molar-refractivity contribution in [2.45, 2.75) is 32.6 Å². The molecule has 0 radical (unpaired) electrons. The average Bonchev–Trinajstić information content (AvgIpc) is 3.02. The molecule has 5 heteroatoms. The van der Waals surface area contributed by atoms with Gasteiger partial charge < -0.3 is 0 Å². The van der Waals surface area contributed by atoms with Gasteiger partial charge in [-0.1, -0.05) is 31.2 Å². The van der Waals surface area contributed by atoms with Crippen LogP contribution >= 0.6 is 0 Å². The summed E-state index contributed by atoms with van der Waals surface area (Å²) in [7, 11) is 0. The van der Waals surface area contributed by atoms with Crippen LogP contribution in [-0.4, -0.2) is 19.9 Å². The summed E-state index contributed by atoms with van der Waals surface area (Å²) in [5.74, 6) is 1.15. The molecule has 0 saturated heterocycles. The SMILES string of the molecule is CC1CCC(C(=O)n2c3ccccc3n3c(=O)c4ccccc4nc23)CC1. The van der Waals surface area contributed by atoms with Gasteiger partial charge in [0.2, 0.25) is 11.7 Å². The summed E-state index contributed by atoms with van der Waals surface area (Å²) < 4.78 is 3.25. The number of aromatic nitrogens is 3. The molecule has 27 heavy (non-hydrogen) atoms. The fourth-order valence-electron chi connectivity index (χ4n) is 4.35. The van der Waals surface area contributed by atoms with Crippen molar-refractivity contribution in [2.75, 3.05) is 0 Å². The number of hydrogen-bond donors (Lipinski definition) is 0. The second-order valence-corrected chi connectivity index (χ2v) is 7.69. The highest BCUT2D eigenvalue weighted by atomic mass is 16.2. The Morgan fingerprint density at radius 1 is 0.963 bits per heavy atom. The Balaban J connectivity index is 1.82. The average molecular weight is 359 g/mol. The second-order valence-electron chi connectivity index (χ2n) is 7.69. The van der Waals surface area contributed by atoms with Crippen LogP contribution in [0.25, 0.3) is 27.7 Å². The molecule has 2 aromatic heterocycles. The lowest BCUT2D eigenvalue weighted by atomic mass is 9.82. The van der Waals surface area contributed by atoms with Gasteiger partial charge in [-0.05, 0) is 55.9 Å². The maximum atomic E-state index is 13.5. The predicted molar refractivity (Wildman–Crippen MR) is 106 cm³/mol. The molecule has 5 nitrogen and oxygen atoms in total. The van der Waals surface area contributed by atoms with Crippen molar-refractivity contribution < 1.29 is 4.79 Å². The summed E-state index contributed by atoms with van der Waals surface area (Å²) >= 11 is 0. The van der Waals surface area contributed by atoms with E-state index in [1.807, 2.05) is 42.5 Å². The summed E-state index contributed by atoms with van der Waals surface area (Å²) in [6.07, 6.45) is 3.95. The molecular weight excluding hydrogens is 338 g/mol. The summed E-state index contributed by atoms with van der Waals surface area (Å²) in [5, 5.41) is 0.567. The number of carbonyl (C=O) groups excluding carboxylic acids is 1.